The summed E-state index contributed by atoms with van der Waals surface area (Å²) in [4.78, 5) is 3.39. The van der Waals surface area contributed by atoms with Gasteiger partial charge in [0.1, 0.15) is 12.7 Å². The van der Waals surface area contributed by atoms with Gasteiger partial charge in [-0.2, -0.15) is 0 Å². The van der Waals surface area contributed by atoms with Crippen LogP contribution in [0.15, 0.2) is 37.1 Å². The maximum Gasteiger partial charge on any atom is 0.123 e. The van der Waals surface area contributed by atoms with Gasteiger partial charge in [-0.3, -0.25) is 4.57 Å². The van der Waals surface area contributed by atoms with Gasteiger partial charge in [-0.05, 0) is 36.7 Å². The number of nitrogens with zero attached hydrogens (tertiary/aromatic N) is 3. The van der Waals surface area contributed by atoms with Gasteiger partial charge in [-0.1, -0.05) is 6.92 Å². The lowest BCUT2D eigenvalue weighted by Crippen LogP contribution is -2.24. The van der Waals surface area contributed by atoms with E-state index in [0.29, 0.717) is 0 Å². The normalized spacial score (nSPS) is 22.6. The largest absolute Gasteiger partial charge is 0.361 e. The fourth-order valence-electron chi connectivity index (χ4n) is 3.15. The van der Waals surface area contributed by atoms with Crippen molar-refractivity contribution in [3.63, 3.8) is 0 Å². The zero-order chi connectivity index (χ0) is 13.6. The van der Waals surface area contributed by atoms with Crippen molar-refractivity contribution in [2.45, 2.75) is 18.8 Å². The van der Waals surface area contributed by atoms with E-state index < -0.39 is 0 Å². The molecule has 5 heteroatoms. The first-order valence-electron chi connectivity index (χ1n) is 6.94. The minimum absolute atomic E-state index is 0.212. The summed E-state index contributed by atoms with van der Waals surface area (Å²) in [6, 6.07) is 6.43. The molecule has 0 amide bonds. The van der Waals surface area contributed by atoms with E-state index in [1.54, 1.807) is 12.7 Å². The molecule has 0 bridgehead atoms. The van der Waals surface area contributed by atoms with Crippen LogP contribution in [0.4, 0.5) is 0 Å². The lowest BCUT2D eigenvalue weighted by molar-refractivity contribution is 0.529. The van der Waals surface area contributed by atoms with Gasteiger partial charge in [0.05, 0.1) is 0 Å². The summed E-state index contributed by atoms with van der Waals surface area (Å²) in [5.74, 6) is 0. The van der Waals surface area contributed by atoms with Gasteiger partial charge < -0.3 is 10.3 Å². The summed E-state index contributed by atoms with van der Waals surface area (Å²) in [6.07, 6.45) is 6.79. The summed E-state index contributed by atoms with van der Waals surface area (Å²) < 4.78 is 1.94. The van der Waals surface area contributed by atoms with Crippen LogP contribution in [0.3, 0.4) is 0 Å². The van der Waals surface area contributed by atoms with Gasteiger partial charge >= 0.3 is 0 Å². The molecule has 3 heterocycles. The number of hydrogen-bond donors (Lipinski definition) is 2. The van der Waals surface area contributed by atoms with Crippen molar-refractivity contribution in [3.05, 3.63) is 42.6 Å². The van der Waals surface area contributed by atoms with Gasteiger partial charge in [0.2, 0.25) is 0 Å². The fraction of sp³-hybridized carbons (Fsp3) is 0.333. The molecule has 0 radical (unpaired) electrons. The van der Waals surface area contributed by atoms with Gasteiger partial charge in [0, 0.05) is 34.7 Å². The van der Waals surface area contributed by atoms with Gasteiger partial charge in [-0.15, -0.1) is 10.2 Å². The van der Waals surface area contributed by atoms with E-state index >= 15 is 0 Å². The number of aromatic nitrogens is 4. The van der Waals surface area contributed by atoms with Crippen molar-refractivity contribution in [3.8, 4) is 5.69 Å². The van der Waals surface area contributed by atoms with Crippen LogP contribution in [0.5, 0.6) is 0 Å². The molecule has 2 aromatic heterocycles. The minimum Gasteiger partial charge on any atom is -0.361 e. The summed E-state index contributed by atoms with van der Waals surface area (Å²) in [5.41, 5.74) is 3.89. The Bertz CT molecular complexity index is 735. The van der Waals surface area contributed by atoms with Crippen LogP contribution in [0.2, 0.25) is 0 Å². The van der Waals surface area contributed by atoms with E-state index in [-0.39, 0.29) is 5.41 Å². The topological polar surface area (TPSA) is 58.5 Å². The van der Waals surface area contributed by atoms with E-state index in [4.69, 9.17) is 0 Å². The molecule has 1 aliphatic rings. The second-order valence-corrected chi connectivity index (χ2v) is 5.79. The summed E-state index contributed by atoms with van der Waals surface area (Å²) >= 11 is 0. The average Bonchev–Trinajstić information content (AvgIpc) is 3.18. The molecule has 102 valence electrons. The summed E-state index contributed by atoms with van der Waals surface area (Å²) in [5, 5.41) is 12.5. The van der Waals surface area contributed by atoms with E-state index in [2.05, 4.69) is 51.8 Å². The van der Waals surface area contributed by atoms with Gasteiger partial charge in [0.15, 0.2) is 0 Å². The molecular formula is C15H17N5. The Labute approximate surface area is 117 Å². The number of hydrogen-bond acceptors (Lipinski definition) is 3. The number of fused-ring (bicyclic) bond motifs is 1. The molecule has 0 aliphatic carbocycles. The molecule has 0 spiro atoms. The predicted octanol–water partition coefficient (Wildman–Crippen LogP) is 2.00. The average molecular weight is 267 g/mol. The summed E-state index contributed by atoms with van der Waals surface area (Å²) in [7, 11) is 0. The van der Waals surface area contributed by atoms with Crippen molar-refractivity contribution in [1.29, 1.82) is 0 Å². The molecule has 1 fully saturated rings. The van der Waals surface area contributed by atoms with E-state index in [1.165, 1.54) is 22.9 Å². The SMILES string of the molecule is CC1(c2c[nH]c3ccc(-n4cnnc4)cc23)CCNC1. The smallest absolute Gasteiger partial charge is 0.123 e. The third kappa shape index (κ3) is 1.67. The molecule has 1 saturated heterocycles. The number of H-pyrrole nitrogens is 1. The fourth-order valence-corrected chi connectivity index (χ4v) is 3.15. The molecular weight excluding hydrogens is 250 g/mol. The van der Waals surface area contributed by atoms with E-state index in [0.717, 1.165) is 18.8 Å². The van der Waals surface area contributed by atoms with E-state index in [9.17, 15) is 0 Å². The highest BCUT2D eigenvalue weighted by Gasteiger charge is 2.32. The van der Waals surface area contributed by atoms with Crippen molar-refractivity contribution < 1.29 is 0 Å². The molecule has 1 atom stereocenters. The third-order valence-corrected chi connectivity index (χ3v) is 4.40. The van der Waals surface area contributed by atoms with Crippen LogP contribution < -0.4 is 5.32 Å². The lowest BCUT2D eigenvalue weighted by Gasteiger charge is -2.22. The highest BCUT2D eigenvalue weighted by molar-refractivity contribution is 5.86. The van der Waals surface area contributed by atoms with Crippen LogP contribution in [-0.2, 0) is 5.41 Å². The first-order valence-corrected chi connectivity index (χ1v) is 6.94. The molecule has 1 unspecified atom stereocenters. The van der Waals surface area contributed by atoms with Crippen molar-refractivity contribution in [1.82, 2.24) is 25.1 Å². The number of aromatic amines is 1. The molecule has 0 saturated carbocycles. The third-order valence-electron chi connectivity index (χ3n) is 4.40. The van der Waals surface area contributed by atoms with Gasteiger partial charge in [-0.25, -0.2) is 0 Å². The van der Waals surface area contributed by atoms with Crippen LogP contribution in [0, 0.1) is 0 Å². The van der Waals surface area contributed by atoms with Crippen LogP contribution in [0.1, 0.15) is 18.9 Å². The quantitative estimate of drug-likeness (QED) is 0.746. The zero-order valence-electron chi connectivity index (χ0n) is 11.4. The molecule has 2 N–H and O–H groups in total. The van der Waals surface area contributed by atoms with Crippen molar-refractivity contribution in [2.24, 2.45) is 0 Å². The van der Waals surface area contributed by atoms with E-state index in [1.807, 2.05) is 4.57 Å². The van der Waals surface area contributed by atoms with Gasteiger partial charge in [0.25, 0.3) is 0 Å². The van der Waals surface area contributed by atoms with Crippen molar-refractivity contribution >= 4 is 10.9 Å². The Morgan fingerprint density at radius 1 is 1.25 bits per heavy atom. The zero-order valence-corrected chi connectivity index (χ0v) is 11.4. The summed E-state index contributed by atoms with van der Waals surface area (Å²) in [6.45, 7) is 4.46. The molecule has 3 aromatic rings. The Hall–Kier alpha value is -2.14. The standard InChI is InChI=1S/C15H17N5/c1-15(4-5-16-8-15)13-7-17-14-3-2-11(6-12(13)14)20-9-18-19-10-20/h2-3,6-7,9-10,16-17H,4-5,8H2,1H3. The monoisotopic (exact) mass is 267 g/mol. The maximum absolute atomic E-state index is 3.87. The Kier molecular flexibility index (Phi) is 2.44. The Morgan fingerprint density at radius 3 is 2.85 bits per heavy atom. The number of rotatable bonds is 2. The molecule has 1 aliphatic heterocycles. The molecule has 5 nitrogen and oxygen atoms in total. The molecule has 1 aromatic carbocycles. The second kappa shape index (κ2) is 4.18. The van der Waals surface area contributed by atoms with Crippen LogP contribution in [-0.4, -0.2) is 32.8 Å². The van der Waals surface area contributed by atoms with Crippen LogP contribution >= 0.6 is 0 Å². The Morgan fingerprint density at radius 2 is 2.10 bits per heavy atom. The Balaban J connectivity index is 1.88. The van der Waals surface area contributed by atoms with Crippen molar-refractivity contribution in [2.75, 3.05) is 13.1 Å². The first kappa shape index (κ1) is 11.7. The first-order chi connectivity index (χ1) is 9.76. The molecule has 20 heavy (non-hydrogen) atoms. The van der Waals surface area contributed by atoms with Crippen LogP contribution in [0.25, 0.3) is 16.6 Å². The maximum atomic E-state index is 3.87. The molecule has 4 rings (SSSR count). The minimum atomic E-state index is 0.212. The number of nitrogens with one attached hydrogen (secondary N) is 2. The highest BCUT2D eigenvalue weighted by Crippen LogP contribution is 2.35. The highest BCUT2D eigenvalue weighted by atomic mass is 15.2. The number of benzene rings is 1. The lowest BCUT2D eigenvalue weighted by atomic mass is 9.81. The second-order valence-electron chi connectivity index (χ2n) is 5.79. The predicted molar refractivity (Wildman–Crippen MR) is 78.1 cm³/mol.